The molecule has 1 heterocycles. The van der Waals surface area contributed by atoms with Gasteiger partial charge in [0, 0.05) is 11.1 Å². The van der Waals surface area contributed by atoms with Crippen molar-refractivity contribution in [2.45, 2.75) is 0 Å². The van der Waals surface area contributed by atoms with Crippen LogP contribution >= 0.6 is 0 Å². The van der Waals surface area contributed by atoms with Gasteiger partial charge in [-0.05, 0) is 0 Å². The number of methoxy groups -OCH3 is 1. The molecular formula is C14H11FN2O4. The molecule has 0 aliphatic carbocycles. The number of hydrogen-bond acceptors (Lipinski definition) is 5. The number of nitrogen functional groups attached to an aromatic ring is 1. The van der Waals surface area contributed by atoms with E-state index in [2.05, 4.69) is 4.98 Å². The first kappa shape index (κ1) is 14.4. The second-order valence-electron chi connectivity index (χ2n) is 4.11. The molecule has 0 atom stereocenters. The van der Waals surface area contributed by atoms with E-state index in [1.165, 1.54) is 31.4 Å². The first-order chi connectivity index (χ1) is 9.99. The minimum Gasteiger partial charge on any atom is -0.492 e. The fourth-order valence-electron chi connectivity index (χ4n) is 1.83. The third kappa shape index (κ3) is 2.53. The van der Waals surface area contributed by atoms with E-state index in [0.29, 0.717) is 17.4 Å². The Morgan fingerprint density at radius 1 is 1.38 bits per heavy atom. The molecule has 0 radical (unpaired) electrons. The number of ether oxygens (including phenoxy) is 1. The van der Waals surface area contributed by atoms with Crippen molar-refractivity contribution in [3.05, 3.63) is 41.3 Å². The number of nitrogens with two attached hydrogens (primary N) is 1. The van der Waals surface area contributed by atoms with Crippen molar-refractivity contribution in [2.24, 2.45) is 0 Å². The number of carboxylic acids is 1. The van der Waals surface area contributed by atoms with Crippen LogP contribution in [0.3, 0.4) is 0 Å². The van der Waals surface area contributed by atoms with E-state index in [0.717, 1.165) is 0 Å². The van der Waals surface area contributed by atoms with Crippen molar-refractivity contribution >= 4 is 17.9 Å². The first-order valence-electron chi connectivity index (χ1n) is 5.81. The Bertz CT molecular complexity index is 714. The Morgan fingerprint density at radius 3 is 2.48 bits per heavy atom. The van der Waals surface area contributed by atoms with Gasteiger partial charge in [-0.3, -0.25) is 4.79 Å². The third-order valence-electron chi connectivity index (χ3n) is 2.85. The zero-order valence-electron chi connectivity index (χ0n) is 11.0. The summed E-state index contributed by atoms with van der Waals surface area (Å²) in [6, 6.07) is 5.83. The summed E-state index contributed by atoms with van der Waals surface area (Å²) in [4.78, 5) is 25.5. The third-order valence-corrected chi connectivity index (χ3v) is 2.85. The zero-order chi connectivity index (χ0) is 15.6. The van der Waals surface area contributed by atoms with Crippen molar-refractivity contribution in [1.82, 2.24) is 4.98 Å². The van der Waals surface area contributed by atoms with Gasteiger partial charge >= 0.3 is 5.97 Å². The summed E-state index contributed by atoms with van der Waals surface area (Å²) in [7, 11) is 1.18. The molecule has 0 fully saturated rings. The number of aromatic carboxylic acids is 1. The van der Waals surface area contributed by atoms with Crippen LogP contribution in [0.15, 0.2) is 24.3 Å². The highest BCUT2D eigenvalue weighted by Gasteiger charge is 2.23. The summed E-state index contributed by atoms with van der Waals surface area (Å²) in [6.07, 6.45) is 0.638. The lowest BCUT2D eigenvalue weighted by Gasteiger charge is -2.12. The number of carbonyl (C=O) groups excluding carboxylic acids is 1. The van der Waals surface area contributed by atoms with Crippen LogP contribution in [-0.2, 0) is 0 Å². The summed E-state index contributed by atoms with van der Waals surface area (Å²) in [5.74, 6) is -2.59. The smallest absolute Gasteiger partial charge is 0.358 e. The predicted octanol–water partition coefficient (Wildman–Crippen LogP) is 1.99. The van der Waals surface area contributed by atoms with Crippen molar-refractivity contribution in [1.29, 1.82) is 0 Å². The van der Waals surface area contributed by atoms with Gasteiger partial charge < -0.3 is 15.6 Å². The molecule has 6 nitrogen and oxygen atoms in total. The number of rotatable bonds is 4. The standard InChI is InChI=1S/C14H11FN2O4/c1-21-13-10(16)9(15)11(17-12(13)14(19)20)8-4-2-7(6-18)3-5-8/h2-6H,1H3,(H2,16,17)(H,19,20). The highest BCUT2D eigenvalue weighted by Crippen LogP contribution is 2.33. The Hall–Kier alpha value is -2.96. The van der Waals surface area contributed by atoms with E-state index < -0.39 is 23.2 Å². The summed E-state index contributed by atoms with van der Waals surface area (Å²) in [6.45, 7) is 0. The van der Waals surface area contributed by atoms with Crippen molar-refractivity contribution in [3.63, 3.8) is 0 Å². The number of pyridine rings is 1. The van der Waals surface area contributed by atoms with Crippen LogP contribution in [0.5, 0.6) is 5.75 Å². The number of halogens is 1. The number of carbonyl (C=O) groups is 2. The number of aromatic nitrogens is 1. The maximum Gasteiger partial charge on any atom is 0.358 e. The molecule has 1 aromatic carbocycles. The van der Waals surface area contributed by atoms with Crippen molar-refractivity contribution < 1.29 is 23.8 Å². The molecule has 3 N–H and O–H groups in total. The lowest BCUT2D eigenvalue weighted by atomic mass is 10.1. The number of nitrogens with zero attached hydrogens (tertiary/aromatic N) is 1. The molecule has 0 unspecified atom stereocenters. The van der Waals surface area contributed by atoms with Gasteiger partial charge in [-0.15, -0.1) is 0 Å². The topological polar surface area (TPSA) is 103 Å². The minimum atomic E-state index is -1.38. The van der Waals surface area contributed by atoms with Crippen molar-refractivity contribution in [2.75, 3.05) is 12.8 Å². The quantitative estimate of drug-likeness (QED) is 0.835. The number of aldehydes is 1. The largest absolute Gasteiger partial charge is 0.492 e. The average Bonchev–Trinajstić information content (AvgIpc) is 2.49. The highest BCUT2D eigenvalue weighted by molar-refractivity contribution is 5.92. The van der Waals surface area contributed by atoms with E-state index in [9.17, 15) is 14.0 Å². The van der Waals surface area contributed by atoms with Crippen LogP contribution in [-0.4, -0.2) is 29.5 Å². The molecule has 108 valence electrons. The number of anilines is 1. The Kier molecular flexibility index (Phi) is 3.84. The van der Waals surface area contributed by atoms with Gasteiger partial charge in [0.25, 0.3) is 0 Å². The van der Waals surface area contributed by atoms with Crippen LogP contribution in [0.25, 0.3) is 11.3 Å². The second kappa shape index (κ2) is 5.58. The lowest BCUT2D eigenvalue weighted by Crippen LogP contribution is -2.10. The van der Waals surface area contributed by atoms with E-state index >= 15 is 0 Å². The molecule has 1 aromatic heterocycles. The molecule has 0 saturated heterocycles. The summed E-state index contributed by atoms with van der Waals surface area (Å²) >= 11 is 0. The molecule has 2 aromatic rings. The van der Waals surface area contributed by atoms with E-state index in [4.69, 9.17) is 15.6 Å². The van der Waals surface area contributed by atoms with Gasteiger partial charge in [0.2, 0.25) is 0 Å². The average molecular weight is 290 g/mol. The van der Waals surface area contributed by atoms with Gasteiger partial charge in [0.05, 0.1) is 7.11 Å². The molecule has 7 heteroatoms. The zero-order valence-corrected chi connectivity index (χ0v) is 11.0. The van der Waals surface area contributed by atoms with Crippen LogP contribution in [0, 0.1) is 5.82 Å². The Balaban J connectivity index is 2.68. The molecule has 0 bridgehead atoms. The first-order valence-corrected chi connectivity index (χ1v) is 5.81. The Morgan fingerprint density at radius 2 is 2.00 bits per heavy atom. The molecule has 0 spiro atoms. The normalized spacial score (nSPS) is 10.2. The maximum atomic E-state index is 14.2. The number of benzene rings is 1. The molecule has 2 rings (SSSR count). The summed E-state index contributed by atoms with van der Waals surface area (Å²) < 4.78 is 19.0. The van der Waals surface area contributed by atoms with Crippen molar-refractivity contribution in [3.8, 4) is 17.0 Å². The molecule has 0 saturated carbocycles. The summed E-state index contributed by atoms with van der Waals surface area (Å²) in [5, 5.41) is 9.10. The fraction of sp³-hybridized carbons (Fsp3) is 0.0714. The van der Waals surface area contributed by atoms with Gasteiger partial charge in [0.15, 0.2) is 17.3 Å². The summed E-state index contributed by atoms with van der Waals surface area (Å²) in [5.41, 5.74) is 5.14. The van der Waals surface area contributed by atoms with Gasteiger partial charge in [-0.1, -0.05) is 24.3 Å². The van der Waals surface area contributed by atoms with Crippen LogP contribution in [0.4, 0.5) is 10.1 Å². The fourth-order valence-corrected chi connectivity index (χ4v) is 1.83. The molecule has 0 aliphatic rings. The maximum absolute atomic E-state index is 14.2. The lowest BCUT2D eigenvalue weighted by molar-refractivity contribution is 0.0686. The van der Waals surface area contributed by atoms with Gasteiger partial charge in [-0.2, -0.15) is 0 Å². The SMILES string of the molecule is COc1c(C(=O)O)nc(-c2ccc(C=O)cc2)c(F)c1N. The van der Waals surface area contributed by atoms with Crippen LogP contribution in [0.1, 0.15) is 20.8 Å². The monoisotopic (exact) mass is 290 g/mol. The van der Waals surface area contributed by atoms with Gasteiger partial charge in [0.1, 0.15) is 17.7 Å². The van der Waals surface area contributed by atoms with Gasteiger partial charge in [-0.25, -0.2) is 14.2 Å². The molecular weight excluding hydrogens is 279 g/mol. The van der Waals surface area contributed by atoms with Crippen LogP contribution < -0.4 is 10.5 Å². The molecule has 0 amide bonds. The number of hydrogen-bond donors (Lipinski definition) is 2. The van der Waals surface area contributed by atoms with E-state index in [-0.39, 0.29) is 11.4 Å². The minimum absolute atomic E-state index is 0.219. The highest BCUT2D eigenvalue weighted by atomic mass is 19.1. The van der Waals surface area contributed by atoms with Crippen LogP contribution in [0.2, 0.25) is 0 Å². The number of carboxylic acid groups (broad SMARTS) is 1. The van der Waals surface area contributed by atoms with E-state index in [1.54, 1.807) is 0 Å². The predicted molar refractivity (Wildman–Crippen MR) is 72.9 cm³/mol. The molecule has 21 heavy (non-hydrogen) atoms. The Labute approximate surface area is 119 Å². The second-order valence-corrected chi connectivity index (χ2v) is 4.11. The van der Waals surface area contributed by atoms with E-state index in [1.807, 2.05) is 0 Å². The molecule has 0 aliphatic heterocycles.